The normalized spacial score (nSPS) is 11.5. The largest absolute Gasteiger partial charge is 0.497 e. The third-order valence-corrected chi connectivity index (χ3v) is 5.93. The van der Waals surface area contributed by atoms with Gasteiger partial charge in [-0.25, -0.2) is 4.79 Å². The van der Waals surface area contributed by atoms with Crippen LogP contribution in [0.4, 0.5) is 0 Å². The molecule has 0 heterocycles. The fraction of sp³-hybridized carbons (Fsp3) is 0.355. The molecule has 0 bridgehead atoms. The first-order valence-electron chi connectivity index (χ1n) is 13.0. The number of rotatable bonds is 16. The molecule has 0 saturated heterocycles. The summed E-state index contributed by atoms with van der Waals surface area (Å²) in [5.74, 6) is 1.15. The summed E-state index contributed by atoms with van der Waals surface area (Å²) in [7, 11) is 1.63. The van der Waals surface area contributed by atoms with E-state index < -0.39 is 5.97 Å². The molecule has 0 aromatic heterocycles. The van der Waals surface area contributed by atoms with Gasteiger partial charge in [0.25, 0.3) is 0 Å². The van der Waals surface area contributed by atoms with Crippen molar-refractivity contribution in [3.8, 4) is 28.4 Å². The lowest BCUT2D eigenvalue weighted by atomic mass is 10.1. The Kier molecular flexibility index (Phi) is 12.3. The summed E-state index contributed by atoms with van der Waals surface area (Å²) in [6, 6.07) is 21.8. The molecule has 0 N–H and O–H groups in total. The van der Waals surface area contributed by atoms with Crippen molar-refractivity contribution in [2.75, 3.05) is 46.8 Å². The highest BCUT2D eigenvalue weighted by Crippen LogP contribution is 2.25. The molecule has 0 fully saturated rings. The van der Waals surface area contributed by atoms with Crippen molar-refractivity contribution in [3.05, 3.63) is 78.4 Å². The minimum Gasteiger partial charge on any atom is -0.497 e. The Bertz CT molecular complexity index is 1140. The predicted molar refractivity (Wildman–Crippen MR) is 147 cm³/mol. The lowest BCUT2D eigenvalue weighted by Crippen LogP contribution is -2.18. The Balaban J connectivity index is 1.30. The van der Waals surface area contributed by atoms with E-state index in [2.05, 4.69) is 0 Å². The standard InChI is InChI=1S/C31H36O8/c1-4-23(2)30(32)38-22-20-36-18-17-35-19-21-37-28-13-9-26(10-14-28)31(33)39-29-15-7-25(8-16-29)24-5-11-27(34-3)12-6-24/h5-16,23H,4,17-22H2,1-3H3. The van der Waals surface area contributed by atoms with Gasteiger partial charge in [0.1, 0.15) is 30.5 Å². The van der Waals surface area contributed by atoms with E-state index in [0.29, 0.717) is 50.1 Å². The number of esters is 2. The number of carbonyl (C=O) groups excluding carboxylic acids is 2. The van der Waals surface area contributed by atoms with Gasteiger partial charge in [0.2, 0.25) is 0 Å². The van der Waals surface area contributed by atoms with Gasteiger partial charge in [0, 0.05) is 0 Å². The Labute approximate surface area is 229 Å². The number of hydrogen-bond donors (Lipinski definition) is 0. The number of benzene rings is 3. The third-order valence-electron chi connectivity index (χ3n) is 5.93. The lowest BCUT2D eigenvalue weighted by Gasteiger charge is -2.10. The van der Waals surface area contributed by atoms with Gasteiger partial charge in [0.05, 0.1) is 45.0 Å². The summed E-state index contributed by atoms with van der Waals surface area (Å²) < 4.78 is 32.3. The highest BCUT2D eigenvalue weighted by Gasteiger charge is 2.11. The molecule has 3 aromatic carbocycles. The van der Waals surface area contributed by atoms with Crippen LogP contribution >= 0.6 is 0 Å². The average Bonchev–Trinajstić information content (AvgIpc) is 2.98. The van der Waals surface area contributed by atoms with E-state index in [1.807, 2.05) is 50.2 Å². The van der Waals surface area contributed by atoms with Gasteiger partial charge in [-0.15, -0.1) is 0 Å². The summed E-state index contributed by atoms with van der Waals surface area (Å²) in [6.45, 7) is 5.93. The monoisotopic (exact) mass is 536 g/mol. The van der Waals surface area contributed by atoms with Gasteiger partial charge in [0.15, 0.2) is 0 Å². The smallest absolute Gasteiger partial charge is 0.343 e. The molecule has 1 atom stereocenters. The van der Waals surface area contributed by atoms with E-state index >= 15 is 0 Å². The molecule has 0 aliphatic carbocycles. The van der Waals surface area contributed by atoms with Crippen LogP contribution in [0.1, 0.15) is 30.6 Å². The summed E-state index contributed by atoms with van der Waals surface area (Å²) in [5.41, 5.74) is 2.47. The molecule has 8 nitrogen and oxygen atoms in total. The van der Waals surface area contributed by atoms with E-state index in [1.165, 1.54) is 0 Å². The molecule has 0 aliphatic heterocycles. The van der Waals surface area contributed by atoms with Crippen molar-refractivity contribution in [1.82, 2.24) is 0 Å². The summed E-state index contributed by atoms with van der Waals surface area (Å²) in [5, 5.41) is 0. The van der Waals surface area contributed by atoms with Crippen LogP contribution in [-0.4, -0.2) is 58.7 Å². The molecule has 208 valence electrons. The van der Waals surface area contributed by atoms with Crippen LogP contribution in [-0.2, 0) is 19.0 Å². The average molecular weight is 537 g/mol. The molecule has 39 heavy (non-hydrogen) atoms. The summed E-state index contributed by atoms with van der Waals surface area (Å²) >= 11 is 0. The number of methoxy groups -OCH3 is 1. The zero-order valence-electron chi connectivity index (χ0n) is 22.7. The first-order chi connectivity index (χ1) is 19.0. The minimum atomic E-state index is -0.447. The van der Waals surface area contributed by atoms with E-state index in [4.69, 9.17) is 28.4 Å². The van der Waals surface area contributed by atoms with Crippen LogP contribution in [0.15, 0.2) is 72.8 Å². The Hall–Kier alpha value is -3.88. The van der Waals surface area contributed by atoms with E-state index in [1.54, 1.807) is 43.5 Å². The molecule has 0 radical (unpaired) electrons. The van der Waals surface area contributed by atoms with Crippen LogP contribution in [0.25, 0.3) is 11.1 Å². The SMILES string of the molecule is CCC(C)C(=O)OCCOCCOCCOc1ccc(C(=O)Oc2ccc(-c3ccc(OC)cc3)cc2)cc1. The van der Waals surface area contributed by atoms with Gasteiger partial charge < -0.3 is 28.4 Å². The first-order valence-corrected chi connectivity index (χ1v) is 13.0. The van der Waals surface area contributed by atoms with Crippen molar-refractivity contribution in [2.24, 2.45) is 5.92 Å². The molecule has 0 saturated carbocycles. The van der Waals surface area contributed by atoms with Crippen LogP contribution in [0.2, 0.25) is 0 Å². The highest BCUT2D eigenvalue weighted by molar-refractivity contribution is 5.91. The van der Waals surface area contributed by atoms with Crippen molar-refractivity contribution < 1.29 is 38.0 Å². The van der Waals surface area contributed by atoms with E-state index in [0.717, 1.165) is 23.3 Å². The molecule has 1 unspecified atom stereocenters. The topological polar surface area (TPSA) is 89.5 Å². The van der Waals surface area contributed by atoms with Crippen LogP contribution < -0.4 is 14.2 Å². The maximum absolute atomic E-state index is 12.5. The minimum absolute atomic E-state index is 0.0896. The van der Waals surface area contributed by atoms with Gasteiger partial charge >= 0.3 is 11.9 Å². The zero-order chi connectivity index (χ0) is 27.9. The molecule has 3 rings (SSSR count). The molecule has 0 spiro atoms. The fourth-order valence-electron chi connectivity index (χ4n) is 3.40. The van der Waals surface area contributed by atoms with Crippen LogP contribution in [0, 0.1) is 5.92 Å². The summed E-state index contributed by atoms with van der Waals surface area (Å²) in [4.78, 5) is 24.1. The van der Waals surface area contributed by atoms with Crippen LogP contribution in [0.5, 0.6) is 17.2 Å². The van der Waals surface area contributed by atoms with Crippen molar-refractivity contribution >= 4 is 11.9 Å². The molecular formula is C31H36O8. The molecular weight excluding hydrogens is 500 g/mol. The van der Waals surface area contributed by atoms with E-state index in [-0.39, 0.29) is 18.5 Å². The quantitative estimate of drug-likeness (QED) is 0.133. The molecule has 3 aromatic rings. The first kappa shape index (κ1) is 29.7. The molecule has 8 heteroatoms. The predicted octanol–water partition coefficient (Wildman–Crippen LogP) is 5.58. The van der Waals surface area contributed by atoms with Crippen molar-refractivity contribution in [3.63, 3.8) is 0 Å². The molecule has 0 aliphatic rings. The second kappa shape index (κ2) is 16.2. The van der Waals surface area contributed by atoms with Gasteiger partial charge in [-0.2, -0.15) is 0 Å². The number of ether oxygens (including phenoxy) is 6. The zero-order valence-corrected chi connectivity index (χ0v) is 22.7. The lowest BCUT2D eigenvalue weighted by molar-refractivity contribution is -0.149. The Morgan fingerprint density at radius 2 is 1.18 bits per heavy atom. The molecule has 0 amide bonds. The number of carbonyl (C=O) groups is 2. The van der Waals surface area contributed by atoms with Gasteiger partial charge in [-0.3, -0.25) is 4.79 Å². The van der Waals surface area contributed by atoms with Crippen LogP contribution in [0.3, 0.4) is 0 Å². The summed E-state index contributed by atoms with van der Waals surface area (Å²) in [6.07, 6.45) is 0.758. The maximum atomic E-state index is 12.5. The Morgan fingerprint density at radius 1 is 0.667 bits per heavy atom. The van der Waals surface area contributed by atoms with Gasteiger partial charge in [-0.1, -0.05) is 38.1 Å². The maximum Gasteiger partial charge on any atom is 0.343 e. The second-order valence-electron chi connectivity index (χ2n) is 8.72. The van der Waals surface area contributed by atoms with Gasteiger partial charge in [-0.05, 0) is 66.1 Å². The van der Waals surface area contributed by atoms with Crippen molar-refractivity contribution in [1.29, 1.82) is 0 Å². The van der Waals surface area contributed by atoms with E-state index in [9.17, 15) is 9.59 Å². The highest BCUT2D eigenvalue weighted by atomic mass is 16.6. The second-order valence-corrected chi connectivity index (χ2v) is 8.72. The number of hydrogen-bond acceptors (Lipinski definition) is 8. The Morgan fingerprint density at radius 3 is 1.74 bits per heavy atom. The van der Waals surface area contributed by atoms with Crippen molar-refractivity contribution in [2.45, 2.75) is 20.3 Å². The third kappa shape index (κ3) is 10.1. The fourth-order valence-corrected chi connectivity index (χ4v) is 3.40.